The first kappa shape index (κ1) is 17.6. The number of carbonyl (C=O) groups is 1. The van der Waals surface area contributed by atoms with Crippen LogP contribution >= 0.6 is 0 Å². The summed E-state index contributed by atoms with van der Waals surface area (Å²) in [6.45, 7) is 3.28. The second-order valence-electron chi connectivity index (χ2n) is 6.20. The molecule has 0 N–H and O–H groups in total. The van der Waals surface area contributed by atoms with E-state index in [1.54, 1.807) is 0 Å². The molecule has 0 spiro atoms. The Bertz CT molecular complexity index is 853. The Labute approximate surface area is 148 Å². The van der Waals surface area contributed by atoms with Crippen molar-refractivity contribution in [2.24, 2.45) is 0 Å². The van der Waals surface area contributed by atoms with E-state index in [1.807, 2.05) is 31.2 Å². The van der Waals surface area contributed by atoms with Gasteiger partial charge in [-0.1, -0.05) is 29.8 Å². The molecule has 2 aromatic rings. The zero-order valence-corrected chi connectivity index (χ0v) is 15.0. The van der Waals surface area contributed by atoms with Crippen LogP contribution in [0.2, 0.25) is 0 Å². The minimum absolute atomic E-state index is 0.189. The molecular formula is C19H21NO4S. The minimum Gasteiger partial charge on any atom is -0.457 e. The van der Waals surface area contributed by atoms with Crippen molar-refractivity contribution in [3.05, 3.63) is 65.2 Å². The zero-order valence-electron chi connectivity index (χ0n) is 14.1. The van der Waals surface area contributed by atoms with E-state index in [2.05, 4.69) is 0 Å². The summed E-state index contributed by atoms with van der Waals surface area (Å²) in [5.74, 6) is -0.466. The second kappa shape index (κ2) is 7.37. The lowest BCUT2D eigenvalue weighted by atomic mass is 10.1. The third-order valence-electron chi connectivity index (χ3n) is 4.25. The van der Waals surface area contributed by atoms with E-state index in [-0.39, 0.29) is 11.5 Å². The highest BCUT2D eigenvalue weighted by molar-refractivity contribution is 7.89. The van der Waals surface area contributed by atoms with E-state index in [1.165, 1.54) is 28.6 Å². The number of nitrogens with zero attached hydrogens (tertiary/aromatic N) is 1. The third-order valence-corrected chi connectivity index (χ3v) is 6.16. The van der Waals surface area contributed by atoms with Crippen molar-refractivity contribution in [3.63, 3.8) is 0 Å². The van der Waals surface area contributed by atoms with Gasteiger partial charge >= 0.3 is 5.97 Å². The van der Waals surface area contributed by atoms with Crippen molar-refractivity contribution < 1.29 is 17.9 Å². The minimum atomic E-state index is -3.46. The first-order valence-corrected chi connectivity index (χ1v) is 9.74. The molecule has 0 aromatic heterocycles. The maximum Gasteiger partial charge on any atom is 0.338 e. The monoisotopic (exact) mass is 359 g/mol. The maximum atomic E-state index is 12.5. The summed E-state index contributed by atoms with van der Waals surface area (Å²) in [5.41, 5.74) is 2.36. The molecule has 3 rings (SSSR count). The Hall–Kier alpha value is -2.18. The van der Waals surface area contributed by atoms with E-state index in [0.717, 1.165) is 24.0 Å². The standard InChI is InChI=1S/C19H21NO4S/c1-15-5-4-6-16(13-15)14-24-19(21)17-7-9-18(10-8-17)25(22,23)20-11-2-3-12-20/h4-10,13H,2-3,11-12,14H2,1H3. The van der Waals surface area contributed by atoms with Gasteiger partial charge in [0.05, 0.1) is 10.5 Å². The molecule has 1 saturated heterocycles. The van der Waals surface area contributed by atoms with Crippen molar-refractivity contribution in [1.29, 1.82) is 0 Å². The van der Waals surface area contributed by atoms with Crippen LogP contribution in [0.25, 0.3) is 0 Å². The summed E-state index contributed by atoms with van der Waals surface area (Å²) in [6.07, 6.45) is 1.78. The van der Waals surface area contributed by atoms with Crippen molar-refractivity contribution in [3.8, 4) is 0 Å². The number of hydrogen-bond acceptors (Lipinski definition) is 4. The topological polar surface area (TPSA) is 63.7 Å². The van der Waals surface area contributed by atoms with E-state index in [9.17, 15) is 13.2 Å². The highest BCUT2D eigenvalue weighted by Crippen LogP contribution is 2.21. The summed E-state index contributed by atoms with van der Waals surface area (Å²) in [4.78, 5) is 12.4. The Balaban J connectivity index is 1.66. The molecule has 1 fully saturated rings. The van der Waals surface area contributed by atoms with E-state index in [0.29, 0.717) is 18.7 Å². The fraction of sp³-hybridized carbons (Fsp3) is 0.316. The third kappa shape index (κ3) is 4.08. The summed E-state index contributed by atoms with van der Waals surface area (Å²) in [5, 5.41) is 0. The quantitative estimate of drug-likeness (QED) is 0.770. The van der Waals surface area contributed by atoms with Crippen LogP contribution in [0.3, 0.4) is 0 Å². The number of esters is 1. The van der Waals surface area contributed by atoms with Gasteiger partial charge < -0.3 is 4.74 Å². The predicted octanol–water partition coefficient (Wildman–Crippen LogP) is 3.14. The first-order valence-electron chi connectivity index (χ1n) is 8.30. The molecular weight excluding hydrogens is 338 g/mol. The molecule has 0 aliphatic carbocycles. The molecule has 25 heavy (non-hydrogen) atoms. The average Bonchev–Trinajstić information content (AvgIpc) is 3.15. The molecule has 1 aliphatic rings. The lowest BCUT2D eigenvalue weighted by Crippen LogP contribution is -2.27. The largest absolute Gasteiger partial charge is 0.457 e. The number of aryl methyl sites for hydroxylation is 1. The summed E-state index contributed by atoms with van der Waals surface area (Å²) in [6, 6.07) is 13.7. The van der Waals surface area contributed by atoms with Crippen molar-refractivity contribution >= 4 is 16.0 Å². The van der Waals surface area contributed by atoms with Crippen LogP contribution in [0.4, 0.5) is 0 Å². The maximum absolute atomic E-state index is 12.5. The summed E-state index contributed by atoms with van der Waals surface area (Å²) >= 11 is 0. The van der Waals surface area contributed by atoms with Gasteiger partial charge in [0.25, 0.3) is 0 Å². The Morgan fingerprint density at radius 2 is 1.76 bits per heavy atom. The van der Waals surface area contributed by atoms with Crippen LogP contribution in [0.15, 0.2) is 53.4 Å². The van der Waals surface area contributed by atoms with Gasteiger partial charge in [0, 0.05) is 13.1 Å². The van der Waals surface area contributed by atoms with Gasteiger partial charge in [-0.3, -0.25) is 0 Å². The van der Waals surface area contributed by atoms with E-state index < -0.39 is 16.0 Å². The summed E-state index contributed by atoms with van der Waals surface area (Å²) in [7, 11) is -3.46. The van der Waals surface area contributed by atoms with Crippen molar-refractivity contribution in [2.45, 2.75) is 31.3 Å². The Kier molecular flexibility index (Phi) is 5.20. The molecule has 0 radical (unpaired) electrons. The van der Waals surface area contributed by atoms with Gasteiger partial charge in [0.1, 0.15) is 6.61 Å². The number of carbonyl (C=O) groups excluding carboxylic acids is 1. The molecule has 0 amide bonds. The highest BCUT2D eigenvalue weighted by atomic mass is 32.2. The van der Waals surface area contributed by atoms with Gasteiger partial charge in [0.15, 0.2) is 0 Å². The lowest BCUT2D eigenvalue weighted by molar-refractivity contribution is 0.0472. The zero-order chi connectivity index (χ0) is 17.9. The first-order chi connectivity index (χ1) is 12.0. The molecule has 6 heteroatoms. The molecule has 2 aromatic carbocycles. The molecule has 0 atom stereocenters. The van der Waals surface area contributed by atoms with Crippen LogP contribution in [0.1, 0.15) is 34.3 Å². The van der Waals surface area contributed by atoms with Crippen LogP contribution < -0.4 is 0 Å². The smallest absolute Gasteiger partial charge is 0.338 e. The van der Waals surface area contributed by atoms with Crippen LogP contribution in [-0.2, 0) is 21.4 Å². The van der Waals surface area contributed by atoms with E-state index >= 15 is 0 Å². The summed E-state index contributed by atoms with van der Waals surface area (Å²) < 4.78 is 31.7. The number of rotatable bonds is 5. The SMILES string of the molecule is Cc1cccc(COC(=O)c2ccc(S(=O)(=O)N3CCCC3)cc2)c1. The molecule has 5 nitrogen and oxygen atoms in total. The fourth-order valence-corrected chi connectivity index (χ4v) is 4.39. The van der Waals surface area contributed by atoms with Gasteiger partial charge in [-0.25, -0.2) is 13.2 Å². The number of ether oxygens (including phenoxy) is 1. The molecule has 0 unspecified atom stereocenters. The van der Waals surface area contributed by atoms with Crippen LogP contribution in [0.5, 0.6) is 0 Å². The van der Waals surface area contributed by atoms with E-state index in [4.69, 9.17) is 4.74 Å². The molecule has 0 saturated carbocycles. The van der Waals surface area contributed by atoms with Gasteiger partial charge in [-0.2, -0.15) is 4.31 Å². The molecule has 1 heterocycles. The van der Waals surface area contributed by atoms with Crippen molar-refractivity contribution in [2.75, 3.05) is 13.1 Å². The highest BCUT2D eigenvalue weighted by Gasteiger charge is 2.27. The number of benzene rings is 2. The average molecular weight is 359 g/mol. The van der Waals surface area contributed by atoms with Crippen LogP contribution in [-0.4, -0.2) is 31.8 Å². The molecule has 132 valence electrons. The number of sulfonamides is 1. The Morgan fingerprint density at radius 1 is 1.08 bits per heavy atom. The van der Waals surface area contributed by atoms with Crippen LogP contribution in [0, 0.1) is 6.92 Å². The molecule has 0 bridgehead atoms. The van der Waals surface area contributed by atoms with Gasteiger partial charge in [0.2, 0.25) is 10.0 Å². The van der Waals surface area contributed by atoms with Gasteiger partial charge in [-0.15, -0.1) is 0 Å². The molecule has 1 aliphatic heterocycles. The van der Waals surface area contributed by atoms with Crippen molar-refractivity contribution in [1.82, 2.24) is 4.31 Å². The Morgan fingerprint density at radius 3 is 2.40 bits per heavy atom. The van der Waals surface area contributed by atoms with Gasteiger partial charge in [-0.05, 0) is 49.6 Å². The fourth-order valence-electron chi connectivity index (χ4n) is 2.87. The second-order valence-corrected chi connectivity index (χ2v) is 8.14. The normalized spacial score (nSPS) is 15.2. The number of hydrogen-bond donors (Lipinski definition) is 0. The predicted molar refractivity (Wildman–Crippen MR) is 94.7 cm³/mol. The lowest BCUT2D eigenvalue weighted by Gasteiger charge is -2.15.